The van der Waals surface area contributed by atoms with Crippen molar-refractivity contribution >= 4 is 11.9 Å². The van der Waals surface area contributed by atoms with Gasteiger partial charge in [0.1, 0.15) is 18.5 Å². The van der Waals surface area contributed by atoms with E-state index in [2.05, 4.69) is 6.92 Å². The standard InChI is InChI=1S/C25H30O5/c1-2-3-4-8-11-22-16-17-23(25(27)29-22)30-24(26)20-12-14-21(15-13-20)28-18-19-9-6-5-7-10-19/h5-7,9-10,12-15,22-23H,2-4,8,11,16-18H2,1H3/t22-,23-/m1/s1. The number of ether oxygens (including phenoxy) is 3. The molecule has 0 spiro atoms. The molecule has 0 radical (unpaired) electrons. The van der Waals surface area contributed by atoms with Crippen molar-refractivity contribution in [3.05, 3.63) is 65.7 Å². The van der Waals surface area contributed by atoms with E-state index in [1.807, 2.05) is 30.3 Å². The lowest BCUT2D eigenvalue weighted by molar-refractivity contribution is -0.167. The molecule has 2 aromatic carbocycles. The highest BCUT2D eigenvalue weighted by Crippen LogP contribution is 2.23. The van der Waals surface area contributed by atoms with E-state index >= 15 is 0 Å². The average molecular weight is 411 g/mol. The van der Waals surface area contributed by atoms with Crippen LogP contribution in [0.25, 0.3) is 0 Å². The molecule has 1 aliphatic rings. The molecule has 5 nitrogen and oxygen atoms in total. The van der Waals surface area contributed by atoms with Crippen molar-refractivity contribution in [2.45, 2.75) is 70.7 Å². The Hall–Kier alpha value is -2.82. The molecule has 0 aliphatic carbocycles. The van der Waals surface area contributed by atoms with Gasteiger partial charge in [-0.2, -0.15) is 0 Å². The van der Waals surface area contributed by atoms with E-state index in [1.54, 1.807) is 24.3 Å². The minimum atomic E-state index is -0.821. The fraction of sp³-hybridized carbons (Fsp3) is 0.440. The van der Waals surface area contributed by atoms with E-state index in [0.29, 0.717) is 24.3 Å². The SMILES string of the molecule is CCCCCC[C@@H]1CC[C@@H](OC(=O)c2ccc(OCc3ccccc3)cc2)C(=O)O1. The molecule has 0 amide bonds. The van der Waals surface area contributed by atoms with Crippen LogP contribution in [0.3, 0.4) is 0 Å². The first-order valence-corrected chi connectivity index (χ1v) is 10.8. The zero-order chi connectivity index (χ0) is 21.2. The van der Waals surface area contributed by atoms with Gasteiger partial charge in [-0.1, -0.05) is 56.5 Å². The topological polar surface area (TPSA) is 61.8 Å². The molecular weight excluding hydrogens is 380 g/mol. The Morgan fingerprint density at radius 2 is 1.77 bits per heavy atom. The third-order valence-corrected chi connectivity index (χ3v) is 5.26. The summed E-state index contributed by atoms with van der Waals surface area (Å²) in [6, 6.07) is 16.6. The average Bonchev–Trinajstić information content (AvgIpc) is 2.78. The third-order valence-electron chi connectivity index (χ3n) is 5.26. The molecule has 5 heteroatoms. The van der Waals surface area contributed by atoms with Crippen LogP contribution in [-0.4, -0.2) is 24.1 Å². The Morgan fingerprint density at radius 3 is 2.47 bits per heavy atom. The lowest BCUT2D eigenvalue weighted by Crippen LogP contribution is -2.37. The summed E-state index contributed by atoms with van der Waals surface area (Å²) < 4.78 is 16.6. The van der Waals surface area contributed by atoms with Crippen LogP contribution in [0.2, 0.25) is 0 Å². The van der Waals surface area contributed by atoms with Crippen LogP contribution < -0.4 is 4.74 Å². The number of carbonyl (C=O) groups excluding carboxylic acids is 2. The van der Waals surface area contributed by atoms with Gasteiger partial charge < -0.3 is 14.2 Å². The number of benzene rings is 2. The Balaban J connectivity index is 1.43. The predicted molar refractivity (Wildman–Crippen MR) is 114 cm³/mol. The summed E-state index contributed by atoms with van der Waals surface area (Å²) in [6.07, 6.45) is 5.88. The number of hydrogen-bond acceptors (Lipinski definition) is 5. The van der Waals surface area contributed by atoms with Gasteiger partial charge in [-0.15, -0.1) is 0 Å². The number of cyclic esters (lactones) is 1. The summed E-state index contributed by atoms with van der Waals surface area (Å²) in [5, 5.41) is 0. The van der Waals surface area contributed by atoms with Crippen LogP contribution in [0.1, 0.15) is 67.8 Å². The van der Waals surface area contributed by atoms with Crippen LogP contribution in [0, 0.1) is 0 Å². The highest BCUT2D eigenvalue weighted by molar-refractivity contribution is 5.91. The number of carbonyl (C=O) groups is 2. The largest absolute Gasteiger partial charge is 0.489 e. The quantitative estimate of drug-likeness (QED) is 0.384. The van der Waals surface area contributed by atoms with E-state index in [9.17, 15) is 9.59 Å². The molecule has 0 bridgehead atoms. The molecule has 1 heterocycles. The highest BCUT2D eigenvalue weighted by atomic mass is 16.6. The van der Waals surface area contributed by atoms with Crippen LogP contribution in [-0.2, 0) is 20.9 Å². The molecule has 1 fully saturated rings. The van der Waals surface area contributed by atoms with Crippen LogP contribution in [0.15, 0.2) is 54.6 Å². The number of rotatable bonds is 10. The monoisotopic (exact) mass is 410 g/mol. The number of unbranched alkanes of at least 4 members (excludes halogenated alkanes) is 3. The molecule has 3 rings (SSSR count). The first-order valence-electron chi connectivity index (χ1n) is 10.8. The van der Waals surface area contributed by atoms with Crippen molar-refractivity contribution in [2.75, 3.05) is 0 Å². The Morgan fingerprint density at radius 1 is 1.00 bits per heavy atom. The van der Waals surface area contributed by atoms with Gasteiger partial charge in [-0.25, -0.2) is 9.59 Å². The molecule has 0 N–H and O–H groups in total. The molecular formula is C25H30O5. The van der Waals surface area contributed by atoms with Gasteiger partial charge in [0.25, 0.3) is 0 Å². The Labute approximate surface area is 178 Å². The van der Waals surface area contributed by atoms with E-state index in [-0.39, 0.29) is 6.10 Å². The van der Waals surface area contributed by atoms with E-state index < -0.39 is 18.0 Å². The third kappa shape index (κ3) is 6.61. The van der Waals surface area contributed by atoms with Crippen LogP contribution in [0.5, 0.6) is 5.75 Å². The van der Waals surface area contributed by atoms with Crippen LogP contribution in [0.4, 0.5) is 0 Å². The maximum absolute atomic E-state index is 12.4. The second-order valence-corrected chi connectivity index (χ2v) is 7.68. The van der Waals surface area contributed by atoms with Crippen molar-refractivity contribution in [1.29, 1.82) is 0 Å². The minimum absolute atomic E-state index is 0.0506. The molecule has 0 aromatic heterocycles. The smallest absolute Gasteiger partial charge is 0.347 e. The van der Waals surface area contributed by atoms with Gasteiger partial charge in [-0.3, -0.25) is 0 Å². The Kier molecular flexibility index (Phi) is 8.30. The molecule has 0 unspecified atom stereocenters. The molecule has 2 aromatic rings. The zero-order valence-corrected chi connectivity index (χ0v) is 17.5. The van der Waals surface area contributed by atoms with Gasteiger partial charge in [0, 0.05) is 0 Å². The van der Waals surface area contributed by atoms with Gasteiger partial charge in [0.05, 0.1) is 5.56 Å². The maximum Gasteiger partial charge on any atom is 0.347 e. The lowest BCUT2D eigenvalue weighted by Gasteiger charge is -2.27. The van der Waals surface area contributed by atoms with Crippen molar-refractivity contribution in [1.82, 2.24) is 0 Å². The first kappa shape index (κ1) is 21.9. The summed E-state index contributed by atoms with van der Waals surface area (Å²) >= 11 is 0. The van der Waals surface area contributed by atoms with Gasteiger partial charge in [0.15, 0.2) is 6.10 Å². The second kappa shape index (κ2) is 11.4. The normalized spacial score (nSPS) is 18.5. The fourth-order valence-corrected chi connectivity index (χ4v) is 3.49. The summed E-state index contributed by atoms with van der Waals surface area (Å²) in [6.45, 7) is 2.63. The van der Waals surface area contributed by atoms with E-state index in [1.165, 1.54) is 12.8 Å². The molecule has 1 saturated heterocycles. The van der Waals surface area contributed by atoms with Gasteiger partial charge >= 0.3 is 11.9 Å². The molecule has 160 valence electrons. The lowest BCUT2D eigenvalue weighted by atomic mass is 10.0. The maximum atomic E-state index is 12.4. The molecule has 30 heavy (non-hydrogen) atoms. The summed E-state index contributed by atoms with van der Waals surface area (Å²) in [5.41, 5.74) is 1.46. The zero-order valence-electron chi connectivity index (χ0n) is 17.5. The summed E-state index contributed by atoms with van der Waals surface area (Å²) in [5.74, 6) is -0.288. The first-order chi connectivity index (χ1) is 14.7. The minimum Gasteiger partial charge on any atom is -0.489 e. The molecule has 0 saturated carbocycles. The number of hydrogen-bond donors (Lipinski definition) is 0. The predicted octanol–water partition coefficient (Wildman–Crippen LogP) is 5.47. The van der Waals surface area contributed by atoms with E-state index in [4.69, 9.17) is 14.2 Å². The molecule has 2 atom stereocenters. The molecule has 1 aliphatic heterocycles. The van der Waals surface area contributed by atoms with Gasteiger partial charge in [-0.05, 0) is 55.5 Å². The Bertz CT molecular complexity index is 800. The fourth-order valence-electron chi connectivity index (χ4n) is 3.49. The van der Waals surface area contributed by atoms with Crippen molar-refractivity contribution in [3.8, 4) is 5.75 Å². The number of esters is 2. The highest BCUT2D eigenvalue weighted by Gasteiger charge is 2.32. The summed E-state index contributed by atoms with van der Waals surface area (Å²) in [4.78, 5) is 24.6. The van der Waals surface area contributed by atoms with E-state index in [0.717, 1.165) is 31.2 Å². The van der Waals surface area contributed by atoms with Crippen molar-refractivity contribution in [3.63, 3.8) is 0 Å². The van der Waals surface area contributed by atoms with Gasteiger partial charge in [0.2, 0.25) is 0 Å². The van der Waals surface area contributed by atoms with Crippen molar-refractivity contribution in [2.24, 2.45) is 0 Å². The second-order valence-electron chi connectivity index (χ2n) is 7.68. The van der Waals surface area contributed by atoms with Crippen LogP contribution >= 0.6 is 0 Å². The summed E-state index contributed by atoms with van der Waals surface area (Å²) in [7, 11) is 0. The van der Waals surface area contributed by atoms with Crippen molar-refractivity contribution < 1.29 is 23.8 Å².